The maximum atomic E-state index is 4.20. The normalized spacial score (nSPS) is 16.5. The lowest BCUT2D eigenvalue weighted by Gasteiger charge is -2.26. The molecule has 0 atom stereocenters. The number of nitrogens with zero attached hydrogens (tertiary/aromatic N) is 3. The molecule has 1 aliphatic heterocycles. The molecule has 0 aromatic carbocycles. The molecule has 1 fully saturated rings. The van der Waals surface area contributed by atoms with E-state index < -0.39 is 0 Å². The highest BCUT2D eigenvalue weighted by atomic mass is 127. The van der Waals surface area contributed by atoms with Gasteiger partial charge < -0.3 is 4.90 Å². The van der Waals surface area contributed by atoms with E-state index in [-0.39, 0.29) is 24.0 Å². The summed E-state index contributed by atoms with van der Waals surface area (Å²) in [5.41, 5.74) is 0. The molecule has 2 rings (SSSR count). The van der Waals surface area contributed by atoms with Gasteiger partial charge in [-0.25, -0.2) is 9.97 Å². The molecule has 0 amide bonds. The number of rotatable bonds is 5. The smallest absolute Gasteiger partial charge is 0.187 e. The summed E-state index contributed by atoms with van der Waals surface area (Å²) in [5, 5.41) is 0.904. The number of likely N-dealkylation sites (tertiary alicyclic amines) is 1. The average Bonchev–Trinajstić information content (AvgIpc) is 2.37. The summed E-state index contributed by atoms with van der Waals surface area (Å²) in [6.07, 6.45) is 9.04. The van der Waals surface area contributed by atoms with Gasteiger partial charge in [0, 0.05) is 18.1 Å². The summed E-state index contributed by atoms with van der Waals surface area (Å²) < 4.78 is 0. The zero-order valence-corrected chi connectivity index (χ0v) is 13.2. The number of hydrogen-bond acceptors (Lipinski definition) is 4. The van der Waals surface area contributed by atoms with Crippen molar-refractivity contribution < 1.29 is 0 Å². The van der Waals surface area contributed by atoms with Crippen LogP contribution in [0.15, 0.2) is 23.6 Å². The van der Waals surface area contributed by atoms with Gasteiger partial charge in [-0.3, -0.25) is 0 Å². The molecule has 0 bridgehead atoms. The Morgan fingerprint density at radius 3 is 2.53 bits per heavy atom. The van der Waals surface area contributed by atoms with Crippen molar-refractivity contribution in [2.75, 3.05) is 25.4 Å². The molecule has 0 spiro atoms. The Morgan fingerprint density at radius 1 is 1.12 bits per heavy atom. The molecule has 0 radical (unpaired) electrons. The highest BCUT2D eigenvalue weighted by Gasteiger charge is 2.08. The molecule has 0 N–H and O–H groups in total. The fourth-order valence-electron chi connectivity index (χ4n) is 1.99. The van der Waals surface area contributed by atoms with Gasteiger partial charge >= 0.3 is 0 Å². The molecule has 1 saturated heterocycles. The Labute approximate surface area is 125 Å². The average molecular weight is 365 g/mol. The minimum Gasteiger partial charge on any atom is -0.303 e. The molecule has 0 unspecified atom stereocenters. The molecular weight excluding hydrogens is 345 g/mol. The fraction of sp³-hybridized carbons (Fsp3) is 0.667. The zero-order chi connectivity index (χ0) is 11.1. The van der Waals surface area contributed by atoms with Crippen LogP contribution in [0.3, 0.4) is 0 Å². The highest BCUT2D eigenvalue weighted by Crippen LogP contribution is 2.14. The van der Waals surface area contributed by atoms with E-state index in [1.54, 1.807) is 24.2 Å². The minimum absolute atomic E-state index is 0. The van der Waals surface area contributed by atoms with Gasteiger partial charge in [0.25, 0.3) is 0 Å². The Kier molecular flexibility index (Phi) is 8.13. The first-order valence-corrected chi connectivity index (χ1v) is 7.06. The Morgan fingerprint density at radius 2 is 1.82 bits per heavy atom. The molecule has 17 heavy (non-hydrogen) atoms. The van der Waals surface area contributed by atoms with E-state index in [4.69, 9.17) is 0 Å². The molecule has 1 aliphatic rings. The SMILES string of the molecule is I.c1cnc(SCCCN2CCCCC2)nc1. The number of aromatic nitrogens is 2. The predicted molar refractivity (Wildman–Crippen MR) is 83.1 cm³/mol. The van der Waals surface area contributed by atoms with E-state index in [0.717, 1.165) is 10.9 Å². The van der Waals surface area contributed by atoms with Gasteiger partial charge in [0.15, 0.2) is 5.16 Å². The van der Waals surface area contributed by atoms with Gasteiger partial charge in [-0.15, -0.1) is 24.0 Å². The van der Waals surface area contributed by atoms with E-state index in [1.807, 2.05) is 6.07 Å². The second-order valence-electron chi connectivity index (χ2n) is 4.14. The third kappa shape index (κ3) is 6.01. The van der Waals surface area contributed by atoms with E-state index in [1.165, 1.54) is 45.3 Å². The van der Waals surface area contributed by atoms with E-state index in [9.17, 15) is 0 Å². The van der Waals surface area contributed by atoms with Gasteiger partial charge in [-0.2, -0.15) is 0 Å². The van der Waals surface area contributed by atoms with Crippen molar-refractivity contribution >= 4 is 35.7 Å². The molecule has 2 heterocycles. The molecule has 0 saturated carbocycles. The molecule has 3 nitrogen and oxygen atoms in total. The summed E-state index contributed by atoms with van der Waals surface area (Å²) in [7, 11) is 0. The van der Waals surface area contributed by atoms with Gasteiger partial charge in [-0.05, 0) is 45.0 Å². The fourth-order valence-corrected chi connectivity index (χ4v) is 2.72. The van der Waals surface area contributed by atoms with Crippen molar-refractivity contribution in [1.82, 2.24) is 14.9 Å². The second kappa shape index (κ2) is 9.10. The highest BCUT2D eigenvalue weighted by molar-refractivity contribution is 14.0. The van der Waals surface area contributed by atoms with Gasteiger partial charge in [0.1, 0.15) is 0 Å². The van der Waals surface area contributed by atoms with Crippen LogP contribution < -0.4 is 0 Å². The summed E-state index contributed by atoms with van der Waals surface area (Å²) in [6.45, 7) is 3.83. The lowest BCUT2D eigenvalue weighted by Crippen LogP contribution is -2.30. The van der Waals surface area contributed by atoms with Crippen molar-refractivity contribution in [1.29, 1.82) is 0 Å². The van der Waals surface area contributed by atoms with Crippen LogP contribution in [0.4, 0.5) is 0 Å². The van der Waals surface area contributed by atoms with Crippen LogP contribution in [0.5, 0.6) is 0 Å². The summed E-state index contributed by atoms with van der Waals surface area (Å²) in [5.74, 6) is 1.13. The number of hydrogen-bond donors (Lipinski definition) is 0. The van der Waals surface area contributed by atoms with Crippen LogP contribution >= 0.6 is 35.7 Å². The molecule has 96 valence electrons. The summed E-state index contributed by atoms with van der Waals surface area (Å²) >= 11 is 1.76. The molecular formula is C12H20IN3S. The topological polar surface area (TPSA) is 29.0 Å². The molecule has 0 aliphatic carbocycles. The lowest BCUT2D eigenvalue weighted by molar-refractivity contribution is 0.230. The van der Waals surface area contributed by atoms with Gasteiger partial charge in [0.2, 0.25) is 0 Å². The van der Waals surface area contributed by atoms with E-state index in [0.29, 0.717) is 0 Å². The quantitative estimate of drug-likeness (QED) is 0.347. The monoisotopic (exact) mass is 365 g/mol. The van der Waals surface area contributed by atoms with Crippen LogP contribution in [0.2, 0.25) is 0 Å². The van der Waals surface area contributed by atoms with Crippen molar-refractivity contribution in [3.8, 4) is 0 Å². The number of thioether (sulfide) groups is 1. The van der Waals surface area contributed by atoms with Crippen LogP contribution in [-0.4, -0.2) is 40.3 Å². The summed E-state index contributed by atoms with van der Waals surface area (Å²) in [4.78, 5) is 11.0. The third-order valence-electron chi connectivity index (χ3n) is 2.84. The standard InChI is InChI=1S/C12H19N3S.HI/c1-2-8-15(9-3-1)10-5-11-16-12-13-6-4-7-14-12;/h4,6-7H,1-3,5,8-11H2;1H. The first kappa shape index (κ1) is 15.2. The third-order valence-corrected chi connectivity index (χ3v) is 3.80. The molecule has 1 aromatic heterocycles. The van der Waals surface area contributed by atoms with Crippen molar-refractivity contribution in [2.45, 2.75) is 30.8 Å². The molecule has 1 aromatic rings. The van der Waals surface area contributed by atoms with Crippen molar-refractivity contribution in [3.63, 3.8) is 0 Å². The van der Waals surface area contributed by atoms with Gasteiger partial charge in [0.05, 0.1) is 0 Å². The van der Waals surface area contributed by atoms with Gasteiger partial charge in [-0.1, -0.05) is 18.2 Å². The second-order valence-corrected chi connectivity index (χ2v) is 5.20. The largest absolute Gasteiger partial charge is 0.303 e. The maximum absolute atomic E-state index is 4.20. The Hall–Kier alpha value is 0.120. The van der Waals surface area contributed by atoms with Crippen LogP contribution in [-0.2, 0) is 0 Å². The maximum Gasteiger partial charge on any atom is 0.187 e. The van der Waals surface area contributed by atoms with Crippen molar-refractivity contribution in [2.24, 2.45) is 0 Å². The van der Waals surface area contributed by atoms with E-state index >= 15 is 0 Å². The number of piperidine rings is 1. The van der Waals surface area contributed by atoms with Crippen molar-refractivity contribution in [3.05, 3.63) is 18.5 Å². The minimum atomic E-state index is 0. The van der Waals surface area contributed by atoms with E-state index in [2.05, 4.69) is 14.9 Å². The van der Waals surface area contributed by atoms with Crippen LogP contribution in [0, 0.1) is 0 Å². The summed E-state index contributed by atoms with van der Waals surface area (Å²) in [6, 6.07) is 1.86. The molecule has 5 heteroatoms. The lowest BCUT2D eigenvalue weighted by atomic mass is 10.1. The zero-order valence-electron chi connectivity index (χ0n) is 10.0. The predicted octanol–water partition coefficient (Wildman–Crippen LogP) is 3.06. The van der Waals surface area contributed by atoms with Crippen LogP contribution in [0.1, 0.15) is 25.7 Å². The Balaban J connectivity index is 0.00000144. The Bertz CT molecular complexity index is 291. The van der Waals surface area contributed by atoms with Crippen LogP contribution in [0.25, 0.3) is 0 Å². The first-order chi connectivity index (χ1) is 7.95. The number of halogens is 1. The first-order valence-electron chi connectivity index (χ1n) is 6.07.